The molecule has 0 unspecified atom stereocenters. The van der Waals surface area contributed by atoms with Crippen molar-refractivity contribution >= 4 is 10.0 Å². The average Bonchev–Trinajstić information content (AvgIpc) is 2.87. The smallest absolute Gasteiger partial charge is 0.212 e. The molecule has 0 N–H and O–H groups in total. The summed E-state index contributed by atoms with van der Waals surface area (Å²) in [6, 6.07) is 0. The number of hydrogen-bond donors (Lipinski definition) is 0. The molecule has 0 spiro atoms. The summed E-state index contributed by atoms with van der Waals surface area (Å²) in [5, 5.41) is -0.0562. The van der Waals surface area contributed by atoms with Crippen molar-refractivity contribution in [3.63, 3.8) is 0 Å². The summed E-state index contributed by atoms with van der Waals surface area (Å²) in [7, 11) is -2.92. The van der Waals surface area contributed by atoms with E-state index in [0.717, 1.165) is 19.3 Å². The number of hydrogen-bond acceptors (Lipinski definition) is 2. The van der Waals surface area contributed by atoms with Crippen molar-refractivity contribution in [1.82, 2.24) is 4.31 Å². The highest BCUT2D eigenvalue weighted by molar-refractivity contribution is 7.90. The lowest BCUT2D eigenvalue weighted by molar-refractivity contribution is 0.430. The molecule has 0 aromatic heterocycles. The van der Waals surface area contributed by atoms with Gasteiger partial charge in [-0.3, -0.25) is 0 Å². The van der Waals surface area contributed by atoms with Gasteiger partial charge in [0.05, 0.1) is 5.25 Å². The van der Waals surface area contributed by atoms with E-state index in [0.29, 0.717) is 13.1 Å². The fourth-order valence-electron chi connectivity index (χ4n) is 1.56. The van der Waals surface area contributed by atoms with Gasteiger partial charge < -0.3 is 0 Å². The quantitative estimate of drug-likeness (QED) is 0.628. The van der Waals surface area contributed by atoms with Crippen LogP contribution in [-0.4, -0.2) is 31.1 Å². The summed E-state index contributed by atoms with van der Waals surface area (Å²) in [4.78, 5) is 0. The Morgan fingerprint density at radius 3 is 2.62 bits per heavy atom. The van der Waals surface area contributed by atoms with Crippen molar-refractivity contribution in [2.75, 3.05) is 13.1 Å². The molecule has 3 nitrogen and oxygen atoms in total. The van der Waals surface area contributed by atoms with Crippen LogP contribution in [0.3, 0.4) is 0 Å². The molecule has 0 atom stereocenters. The minimum Gasteiger partial charge on any atom is -0.212 e. The third kappa shape index (κ3) is 1.79. The summed E-state index contributed by atoms with van der Waals surface area (Å²) in [5.41, 5.74) is 1.31. The first kappa shape index (κ1) is 9.21. The van der Waals surface area contributed by atoms with Gasteiger partial charge in [-0.15, -0.1) is 0 Å². The van der Waals surface area contributed by atoms with E-state index in [1.807, 2.05) is 6.08 Å². The molecule has 1 aliphatic carbocycles. The van der Waals surface area contributed by atoms with Crippen molar-refractivity contribution in [3.8, 4) is 0 Å². The highest BCUT2D eigenvalue weighted by Gasteiger charge is 2.39. The highest BCUT2D eigenvalue weighted by atomic mass is 32.2. The summed E-state index contributed by atoms with van der Waals surface area (Å²) in [6.07, 6.45) is 4.64. The van der Waals surface area contributed by atoms with Crippen LogP contribution < -0.4 is 0 Å². The van der Waals surface area contributed by atoms with Crippen LogP contribution in [0.1, 0.15) is 26.2 Å². The topological polar surface area (TPSA) is 37.4 Å². The molecule has 1 saturated carbocycles. The summed E-state index contributed by atoms with van der Waals surface area (Å²) in [6.45, 7) is 3.33. The zero-order valence-corrected chi connectivity index (χ0v) is 8.68. The standard InChI is InChI=1S/C9H15NO2S/c1-8-4-6-10(7-5-8)13(11,12)9-2-3-9/h4,9H,2-3,5-7H2,1H3. The van der Waals surface area contributed by atoms with Crippen LogP contribution in [0.15, 0.2) is 11.6 Å². The molecule has 74 valence electrons. The Kier molecular flexibility index (Phi) is 2.20. The van der Waals surface area contributed by atoms with E-state index in [2.05, 4.69) is 6.92 Å². The highest BCUT2D eigenvalue weighted by Crippen LogP contribution is 2.31. The molecular formula is C9H15NO2S. The maximum Gasteiger partial charge on any atom is 0.217 e. The maximum atomic E-state index is 11.8. The molecule has 0 radical (unpaired) electrons. The Morgan fingerprint density at radius 1 is 1.46 bits per heavy atom. The van der Waals surface area contributed by atoms with Gasteiger partial charge in [0.1, 0.15) is 0 Å². The zero-order chi connectivity index (χ0) is 9.47. The van der Waals surface area contributed by atoms with Gasteiger partial charge >= 0.3 is 0 Å². The monoisotopic (exact) mass is 201 g/mol. The van der Waals surface area contributed by atoms with Crippen molar-refractivity contribution in [1.29, 1.82) is 0 Å². The molecule has 4 heteroatoms. The Balaban J connectivity index is 2.10. The average molecular weight is 201 g/mol. The third-order valence-electron chi connectivity index (χ3n) is 2.70. The van der Waals surface area contributed by atoms with Gasteiger partial charge in [0.15, 0.2) is 0 Å². The van der Waals surface area contributed by atoms with Crippen molar-refractivity contribution in [3.05, 3.63) is 11.6 Å². The van der Waals surface area contributed by atoms with Crippen molar-refractivity contribution in [2.24, 2.45) is 0 Å². The normalized spacial score (nSPS) is 25.8. The lowest BCUT2D eigenvalue weighted by Crippen LogP contribution is -2.36. The zero-order valence-electron chi connectivity index (χ0n) is 7.86. The summed E-state index contributed by atoms with van der Waals surface area (Å²) < 4.78 is 25.1. The van der Waals surface area contributed by atoms with E-state index >= 15 is 0 Å². The predicted molar refractivity (Wildman–Crippen MR) is 51.9 cm³/mol. The second kappa shape index (κ2) is 3.10. The lowest BCUT2D eigenvalue weighted by atomic mass is 10.1. The lowest BCUT2D eigenvalue weighted by Gasteiger charge is -2.24. The first-order chi connectivity index (χ1) is 6.10. The van der Waals surface area contributed by atoms with E-state index in [1.165, 1.54) is 5.57 Å². The molecule has 0 saturated heterocycles. The van der Waals surface area contributed by atoms with Gasteiger partial charge in [-0.25, -0.2) is 8.42 Å². The van der Waals surface area contributed by atoms with Crippen LogP contribution >= 0.6 is 0 Å². The van der Waals surface area contributed by atoms with E-state index in [4.69, 9.17) is 0 Å². The Morgan fingerprint density at radius 2 is 2.15 bits per heavy atom. The van der Waals surface area contributed by atoms with E-state index in [9.17, 15) is 8.42 Å². The molecule has 1 fully saturated rings. The van der Waals surface area contributed by atoms with Crippen molar-refractivity contribution in [2.45, 2.75) is 31.4 Å². The fraction of sp³-hybridized carbons (Fsp3) is 0.778. The number of nitrogens with zero attached hydrogens (tertiary/aromatic N) is 1. The molecule has 13 heavy (non-hydrogen) atoms. The van der Waals surface area contributed by atoms with Gasteiger partial charge in [0, 0.05) is 13.1 Å². The van der Waals surface area contributed by atoms with Gasteiger partial charge in [0.25, 0.3) is 0 Å². The van der Waals surface area contributed by atoms with Crippen LogP contribution in [0.5, 0.6) is 0 Å². The van der Waals surface area contributed by atoms with Gasteiger partial charge in [-0.05, 0) is 26.2 Å². The van der Waals surface area contributed by atoms with Gasteiger partial charge in [-0.1, -0.05) is 11.6 Å². The molecular weight excluding hydrogens is 186 g/mol. The second-order valence-electron chi connectivity index (χ2n) is 3.90. The minimum atomic E-state index is -2.92. The van der Waals surface area contributed by atoms with E-state index in [1.54, 1.807) is 4.31 Å². The molecule has 1 heterocycles. The fourth-order valence-corrected chi connectivity index (χ4v) is 3.34. The molecule has 2 aliphatic rings. The second-order valence-corrected chi connectivity index (χ2v) is 6.12. The minimum absolute atomic E-state index is 0.0562. The Labute approximate surface area is 79.5 Å². The molecule has 2 rings (SSSR count). The molecule has 0 aromatic carbocycles. The van der Waals surface area contributed by atoms with Crippen LogP contribution in [0, 0.1) is 0 Å². The SMILES string of the molecule is CC1=CCN(S(=O)(=O)C2CC2)CC1. The molecule has 0 bridgehead atoms. The van der Waals surface area contributed by atoms with Crippen LogP contribution in [0.25, 0.3) is 0 Å². The molecule has 0 aromatic rings. The first-order valence-electron chi connectivity index (χ1n) is 4.75. The Bertz CT molecular complexity index is 328. The van der Waals surface area contributed by atoms with Gasteiger partial charge in [0.2, 0.25) is 10.0 Å². The van der Waals surface area contributed by atoms with Gasteiger partial charge in [-0.2, -0.15) is 4.31 Å². The molecule has 0 amide bonds. The summed E-state index contributed by atoms with van der Waals surface area (Å²) in [5.74, 6) is 0. The van der Waals surface area contributed by atoms with Crippen LogP contribution in [0.4, 0.5) is 0 Å². The van der Waals surface area contributed by atoms with Crippen LogP contribution in [0.2, 0.25) is 0 Å². The molecule has 1 aliphatic heterocycles. The predicted octanol–water partition coefficient (Wildman–Crippen LogP) is 1.13. The van der Waals surface area contributed by atoms with Crippen LogP contribution in [-0.2, 0) is 10.0 Å². The first-order valence-corrected chi connectivity index (χ1v) is 6.25. The van der Waals surface area contributed by atoms with Crippen molar-refractivity contribution < 1.29 is 8.42 Å². The number of sulfonamides is 1. The Hall–Kier alpha value is -0.350. The summed E-state index contributed by atoms with van der Waals surface area (Å²) >= 11 is 0. The largest absolute Gasteiger partial charge is 0.217 e. The number of rotatable bonds is 2. The third-order valence-corrected chi connectivity index (χ3v) is 5.07. The maximum absolute atomic E-state index is 11.8. The van der Waals surface area contributed by atoms with E-state index < -0.39 is 10.0 Å². The van der Waals surface area contributed by atoms with E-state index in [-0.39, 0.29) is 5.25 Å².